The van der Waals surface area contributed by atoms with Gasteiger partial charge in [0.1, 0.15) is 46.0 Å². The Morgan fingerprint density at radius 3 is 0.671 bits per heavy atom. The summed E-state index contributed by atoms with van der Waals surface area (Å²) in [5.74, 6) is 1.46. The fourth-order valence-corrected chi connectivity index (χ4v) is 13.5. The number of hydrogen-bond donors (Lipinski definition) is 0. The molecule has 0 atom stereocenters. The van der Waals surface area contributed by atoms with Gasteiger partial charge in [-0.2, -0.15) is 0 Å². The quantitative estimate of drug-likeness (QED) is 0.0353. The monoisotopic (exact) mass is 1300 g/mol. The first-order valence-electron chi connectivity index (χ1n) is 25.5. The van der Waals surface area contributed by atoms with E-state index in [1.165, 1.54) is 27.7 Å². The van der Waals surface area contributed by atoms with Gasteiger partial charge < -0.3 is 56.8 Å². The second-order valence-corrected chi connectivity index (χ2v) is 21.3. The number of carbonyl (C=O) groups excluding carboxylic acids is 4. The van der Waals surface area contributed by atoms with Crippen molar-refractivity contribution >= 4 is 87.6 Å². The summed E-state index contributed by atoms with van der Waals surface area (Å²) in [6.07, 6.45) is 3.97. The molecule has 0 N–H and O–H groups in total. The summed E-state index contributed by atoms with van der Waals surface area (Å²) in [5.41, 5.74) is 9.97. The van der Waals surface area contributed by atoms with E-state index in [0.717, 1.165) is 66.8 Å². The van der Waals surface area contributed by atoms with Crippen molar-refractivity contribution in [2.45, 2.75) is 124 Å². The van der Waals surface area contributed by atoms with Crippen molar-refractivity contribution in [2.75, 3.05) is 53.6 Å². The fraction of sp³-hybridized carbons (Fsp3) is 0.500. The van der Waals surface area contributed by atoms with Crippen LogP contribution in [0.5, 0.6) is 46.0 Å². The first-order chi connectivity index (χ1) is 36.9. The number of ether oxygens (including phenoxy) is 12. The average molecular weight is 1310 g/mol. The molecule has 4 aromatic rings. The lowest BCUT2D eigenvalue weighted by Gasteiger charge is -2.37. The topological polar surface area (TPSA) is 179 Å². The molecule has 0 unspecified atom stereocenters. The molecule has 5 aliphatic rings. The van der Waals surface area contributed by atoms with E-state index in [2.05, 4.69) is 88.0 Å². The molecule has 0 fully saturated rings. The Kier molecular flexibility index (Phi) is 18.5. The molecule has 0 radical (unpaired) electrons. The number of halogens is 4. The van der Waals surface area contributed by atoms with Crippen LogP contribution in [0, 0.1) is 0 Å². The van der Waals surface area contributed by atoms with Crippen molar-refractivity contribution in [3.05, 3.63) is 91.0 Å². The maximum atomic E-state index is 12.2. The highest BCUT2D eigenvalue weighted by Gasteiger charge is 2.41. The molecule has 0 amide bonds. The van der Waals surface area contributed by atoms with Gasteiger partial charge in [0.2, 0.25) is 27.2 Å². The fourth-order valence-electron chi connectivity index (χ4n) is 11.4. The molecular weight excluding hydrogens is 1250 g/mol. The summed E-state index contributed by atoms with van der Waals surface area (Å²) >= 11 is 15.5. The largest absolute Gasteiger partial charge is 0.466 e. The highest BCUT2D eigenvalue weighted by Crippen LogP contribution is 2.59. The van der Waals surface area contributed by atoms with Crippen LogP contribution in [0.3, 0.4) is 0 Å². The third kappa shape index (κ3) is 11.5. The smallest absolute Gasteiger partial charge is 0.302 e. The highest BCUT2D eigenvalue weighted by atomic mass is 79.9. The predicted molar refractivity (Wildman–Crippen MR) is 292 cm³/mol. The molecule has 9 rings (SSSR count). The summed E-state index contributed by atoms with van der Waals surface area (Å²) in [4.78, 5) is 49.0. The van der Waals surface area contributed by atoms with E-state index in [1.54, 1.807) is 0 Å². The minimum atomic E-state index is -0.424. The van der Waals surface area contributed by atoms with E-state index >= 15 is 0 Å². The van der Waals surface area contributed by atoms with Crippen LogP contribution in [0.1, 0.15) is 169 Å². The number of benzene rings is 4. The summed E-state index contributed by atoms with van der Waals surface area (Å²) in [6, 6.07) is 8.77. The van der Waals surface area contributed by atoms with Gasteiger partial charge in [0.05, 0.1) is 26.4 Å². The SMILES string of the molecule is CC(=O)OCCCC1c2cc3c4c(CBr)c2OCOc2c1cc1c(c2CBr)OCOc2c(cc5c(c2CBr)OCOc2c(cc(c(c2CBr)OCO4)C3CCCOC(C)=O)C5CCCOC(C)=O)C1CCCOC(C)=O. The molecule has 0 saturated carbocycles. The zero-order valence-electron chi connectivity index (χ0n) is 42.8. The molecule has 1 aliphatic carbocycles. The highest BCUT2D eigenvalue weighted by molar-refractivity contribution is 9.09. The third-order valence-corrected chi connectivity index (χ3v) is 16.7. The Labute approximate surface area is 475 Å². The van der Waals surface area contributed by atoms with Gasteiger partial charge in [-0.05, 0) is 75.6 Å². The van der Waals surface area contributed by atoms with Crippen LogP contribution in [0.4, 0.5) is 0 Å². The standard InChI is InChI=1S/C56H60Br4O16/c1-29(61)65-13-5-9-33-37-17-39-34(10-6-14-66-30(2)62)41-19-43-36(12-8-16-68-32(4)64)44-20-42-35(11-7-15-67-31(3)63)40-18-38(33)50-46(22-58)52(40)72-27-74-54(42)48(24-60)56(44)76-28-75-55(43)47(23-59)53(41)73-26-71-51(39)45(21-57)49(37)69-25-70-50/h17-20,33-36H,5-16,21-28H2,1-4H3. The Bertz CT molecular complexity index is 2370. The predicted octanol–water partition coefficient (Wildman–Crippen LogP) is 12.4. The molecule has 4 aromatic carbocycles. The lowest BCUT2D eigenvalue weighted by Crippen LogP contribution is -2.25. The molecule has 8 bridgehead atoms. The number of hydrogen-bond acceptors (Lipinski definition) is 16. The van der Waals surface area contributed by atoms with Crippen LogP contribution in [-0.4, -0.2) is 77.5 Å². The van der Waals surface area contributed by atoms with E-state index in [0.29, 0.717) is 119 Å². The Hall–Kier alpha value is -4.92. The van der Waals surface area contributed by atoms with E-state index in [-0.39, 0.29) is 77.5 Å². The molecule has 4 aliphatic heterocycles. The molecule has 0 aromatic heterocycles. The van der Waals surface area contributed by atoms with Crippen molar-refractivity contribution in [2.24, 2.45) is 0 Å². The zero-order chi connectivity index (χ0) is 53.6. The van der Waals surface area contributed by atoms with Gasteiger partial charge in [-0.1, -0.05) is 63.7 Å². The second-order valence-electron chi connectivity index (χ2n) is 19.1. The molecule has 4 heterocycles. The lowest BCUT2D eigenvalue weighted by atomic mass is 9.74. The maximum absolute atomic E-state index is 12.2. The molecule has 16 nitrogen and oxygen atoms in total. The molecule has 408 valence electrons. The van der Waals surface area contributed by atoms with Crippen LogP contribution in [0.15, 0.2) is 24.3 Å². The van der Waals surface area contributed by atoms with Gasteiger partial charge >= 0.3 is 23.9 Å². The summed E-state index contributed by atoms with van der Waals surface area (Å²) in [7, 11) is 0. The van der Waals surface area contributed by atoms with Gasteiger partial charge in [0.25, 0.3) is 0 Å². The molecule has 0 spiro atoms. The first kappa shape index (κ1) is 55.8. The third-order valence-electron chi connectivity index (χ3n) is 14.5. The van der Waals surface area contributed by atoms with Gasteiger partial charge in [0.15, 0.2) is 0 Å². The molecule has 76 heavy (non-hydrogen) atoms. The number of rotatable bonds is 20. The summed E-state index contributed by atoms with van der Waals surface area (Å²) in [6.45, 7) is 5.69. The van der Waals surface area contributed by atoms with Crippen LogP contribution < -0.4 is 37.9 Å². The van der Waals surface area contributed by atoms with E-state index in [9.17, 15) is 19.2 Å². The van der Waals surface area contributed by atoms with Gasteiger partial charge in [-0.15, -0.1) is 0 Å². The second kappa shape index (κ2) is 25.3. The van der Waals surface area contributed by atoms with E-state index < -0.39 is 23.7 Å². The number of carbonyl (C=O) groups is 4. The van der Waals surface area contributed by atoms with Crippen LogP contribution in [-0.2, 0) is 59.4 Å². The Morgan fingerprint density at radius 1 is 0.355 bits per heavy atom. The van der Waals surface area contributed by atoms with Crippen molar-refractivity contribution in [1.29, 1.82) is 0 Å². The van der Waals surface area contributed by atoms with Crippen molar-refractivity contribution < 1.29 is 76.0 Å². The Balaban J connectivity index is 1.44. The van der Waals surface area contributed by atoms with Gasteiger partial charge in [0, 0.05) is 139 Å². The molecule has 20 heteroatoms. The van der Waals surface area contributed by atoms with Crippen LogP contribution in [0.2, 0.25) is 0 Å². The van der Waals surface area contributed by atoms with Crippen molar-refractivity contribution in [3.8, 4) is 46.0 Å². The minimum absolute atomic E-state index is 0.158. The normalized spacial score (nSPS) is 18.1. The Morgan fingerprint density at radius 2 is 0.526 bits per heavy atom. The van der Waals surface area contributed by atoms with Gasteiger partial charge in [-0.25, -0.2) is 0 Å². The van der Waals surface area contributed by atoms with E-state index in [4.69, 9.17) is 56.8 Å². The summed E-state index contributed by atoms with van der Waals surface area (Å²) < 4.78 is 76.7. The molecule has 0 saturated heterocycles. The van der Waals surface area contributed by atoms with Crippen molar-refractivity contribution in [1.82, 2.24) is 0 Å². The van der Waals surface area contributed by atoms with Crippen molar-refractivity contribution in [3.63, 3.8) is 0 Å². The molecular formula is C56H60Br4O16. The lowest BCUT2D eigenvalue weighted by molar-refractivity contribution is -0.142. The number of esters is 4. The summed E-state index contributed by atoms with van der Waals surface area (Å²) in [5, 5.41) is 1.33. The zero-order valence-corrected chi connectivity index (χ0v) is 49.1. The average Bonchev–Trinajstić information content (AvgIpc) is 3.37. The van der Waals surface area contributed by atoms with Gasteiger partial charge in [-0.3, -0.25) is 19.2 Å². The first-order valence-corrected chi connectivity index (χ1v) is 30.0. The number of alkyl halides is 4. The maximum Gasteiger partial charge on any atom is 0.302 e. The minimum Gasteiger partial charge on any atom is -0.466 e. The van der Waals surface area contributed by atoms with E-state index in [1.807, 2.05) is 0 Å². The van der Waals surface area contributed by atoms with Crippen LogP contribution >= 0.6 is 63.7 Å². The van der Waals surface area contributed by atoms with Crippen LogP contribution in [0.25, 0.3) is 0 Å².